The summed E-state index contributed by atoms with van der Waals surface area (Å²) >= 11 is 0. The summed E-state index contributed by atoms with van der Waals surface area (Å²) in [6.45, 7) is 1.87. The highest BCUT2D eigenvalue weighted by Crippen LogP contribution is 2.43. The summed E-state index contributed by atoms with van der Waals surface area (Å²) < 4.78 is 90.6. The van der Waals surface area contributed by atoms with Gasteiger partial charge in [0, 0.05) is 23.6 Å². The monoisotopic (exact) mass is 369 g/mol. The highest BCUT2D eigenvalue weighted by Gasteiger charge is 2.43. The minimum Gasteiger partial charge on any atom is -0.396 e. The van der Waals surface area contributed by atoms with Crippen LogP contribution in [-0.2, 0) is 12.4 Å². The van der Waals surface area contributed by atoms with Crippen molar-refractivity contribution in [3.8, 4) is 0 Å². The summed E-state index contributed by atoms with van der Waals surface area (Å²) in [5.41, 5.74) is -0.451. The molecular formula is C13H15ClF7NO. The van der Waals surface area contributed by atoms with Crippen LogP contribution in [0.5, 0.6) is 0 Å². The second kappa shape index (κ2) is 6.82. The van der Waals surface area contributed by atoms with E-state index in [0.29, 0.717) is 0 Å². The molecule has 3 N–H and O–H groups in total. The van der Waals surface area contributed by atoms with E-state index in [1.54, 1.807) is 0 Å². The molecule has 1 aromatic carbocycles. The van der Waals surface area contributed by atoms with Gasteiger partial charge in [0.15, 0.2) is 0 Å². The first-order valence-electron chi connectivity index (χ1n) is 6.06. The Morgan fingerprint density at radius 2 is 1.52 bits per heavy atom. The largest absolute Gasteiger partial charge is 0.416 e. The van der Waals surface area contributed by atoms with Crippen LogP contribution in [-0.4, -0.2) is 11.7 Å². The van der Waals surface area contributed by atoms with Gasteiger partial charge < -0.3 is 10.8 Å². The van der Waals surface area contributed by atoms with Gasteiger partial charge in [0.1, 0.15) is 5.82 Å². The van der Waals surface area contributed by atoms with Crippen molar-refractivity contribution < 1.29 is 35.8 Å². The van der Waals surface area contributed by atoms with Gasteiger partial charge in [0.2, 0.25) is 0 Å². The molecule has 0 aliphatic carbocycles. The molecule has 0 fully saturated rings. The van der Waals surface area contributed by atoms with Gasteiger partial charge in [-0.15, -0.1) is 12.4 Å². The van der Waals surface area contributed by atoms with Crippen LogP contribution in [0.25, 0.3) is 0 Å². The minimum atomic E-state index is -5.22. The molecule has 10 heteroatoms. The molecule has 0 unspecified atom stereocenters. The topological polar surface area (TPSA) is 46.2 Å². The normalized spacial score (nSPS) is 14.4. The molecule has 0 spiro atoms. The van der Waals surface area contributed by atoms with Crippen LogP contribution in [0, 0.1) is 11.2 Å². The Morgan fingerprint density at radius 1 is 1.04 bits per heavy atom. The van der Waals surface area contributed by atoms with Crippen molar-refractivity contribution >= 4 is 12.4 Å². The molecule has 23 heavy (non-hydrogen) atoms. The fourth-order valence-corrected chi connectivity index (χ4v) is 1.82. The van der Waals surface area contributed by atoms with Crippen molar-refractivity contribution in [3.63, 3.8) is 0 Å². The van der Waals surface area contributed by atoms with Crippen LogP contribution in [0.15, 0.2) is 12.1 Å². The van der Waals surface area contributed by atoms with Crippen LogP contribution in [0.1, 0.15) is 36.6 Å². The number of halogens is 8. The third-order valence-electron chi connectivity index (χ3n) is 3.32. The molecule has 2 nitrogen and oxygen atoms in total. The summed E-state index contributed by atoms with van der Waals surface area (Å²) in [5, 5.41) is 9.13. The summed E-state index contributed by atoms with van der Waals surface area (Å²) in [4.78, 5) is 0. The SMILES string of the molecule is CC(C)(CO)[C@@H](N)c1c(F)cc(C(F)(F)F)cc1C(F)(F)F.Cl. The maximum atomic E-state index is 13.9. The maximum Gasteiger partial charge on any atom is 0.416 e. The van der Waals surface area contributed by atoms with E-state index >= 15 is 0 Å². The van der Waals surface area contributed by atoms with Gasteiger partial charge in [0.05, 0.1) is 11.1 Å². The Kier molecular flexibility index (Phi) is 6.51. The first-order chi connectivity index (χ1) is 9.71. The van der Waals surface area contributed by atoms with Crippen LogP contribution in [0.4, 0.5) is 30.7 Å². The van der Waals surface area contributed by atoms with E-state index in [-0.39, 0.29) is 24.5 Å². The lowest BCUT2D eigenvalue weighted by atomic mass is 9.79. The van der Waals surface area contributed by atoms with E-state index in [4.69, 9.17) is 10.8 Å². The van der Waals surface area contributed by atoms with Gasteiger partial charge in [-0.05, 0) is 12.1 Å². The molecule has 1 atom stereocenters. The third-order valence-corrected chi connectivity index (χ3v) is 3.32. The fraction of sp³-hybridized carbons (Fsp3) is 0.538. The second-order valence-corrected chi connectivity index (χ2v) is 5.54. The van der Waals surface area contributed by atoms with Crippen molar-refractivity contribution in [3.05, 3.63) is 34.6 Å². The lowest BCUT2D eigenvalue weighted by molar-refractivity contribution is -0.144. The lowest BCUT2D eigenvalue weighted by Crippen LogP contribution is -2.35. The zero-order valence-electron chi connectivity index (χ0n) is 12.0. The predicted octanol–water partition coefficient (Wildman–Crippen LogP) is 4.30. The van der Waals surface area contributed by atoms with Gasteiger partial charge in [-0.3, -0.25) is 0 Å². The minimum absolute atomic E-state index is 0. The summed E-state index contributed by atoms with van der Waals surface area (Å²) in [6.07, 6.45) is -10.4. The Balaban J connectivity index is 0.00000484. The van der Waals surface area contributed by atoms with E-state index < -0.39 is 52.9 Å². The average Bonchev–Trinajstić information content (AvgIpc) is 2.34. The Hall–Kier alpha value is -1.06. The Labute approximate surface area is 133 Å². The average molecular weight is 370 g/mol. The summed E-state index contributed by atoms with van der Waals surface area (Å²) in [6, 6.07) is -1.85. The number of nitrogens with two attached hydrogens (primary N) is 1. The smallest absolute Gasteiger partial charge is 0.396 e. The van der Waals surface area contributed by atoms with Gasteiger partial charge in [0.25, 0.3) is 0 Å². The number of aliphatic hydroxyl groups excluding tert-OH is 1. The predicted molar refractivity (Wildman–Crippen MR) is 71.4 cm³/mol. The number of hydrogen-bond donors (Lipinski definition) is 2. The molecule has 1 rings (SSSR count). The van der Waals surface area contributed by atoms with E-state index in [1.165, 1.54) is 13.8 Å². The van der Waals surface area contributed by atoms with E-state index in [9.17, 15) is 30.7 Å². The molecule has 0 bridgehead atoms. The molecule has 0 aromatic heterocycles. The highest BCUT2D eigenvalue weighted by atomic mass is 35.5. The molecule has 134 valence electrons. The fourth-order valence-electron chi connectivity index (χ4n) is 1.82. The highest BCUT2D eigenvalue weighted by molar-refractivity contribution is 5.85. The van der Waals surface area contributed by atoms with Crippen molar-refractivity contribution in [1.29, 1.82) is 0 Å². The summed E-state index contributed by atoms with van der Waals surface area (Å²) in [5.74, 6) is -1.71. The number of benzene rings is 1. The quantitative estimate of drug-likeness (QED) is 0.780. The van der Waals surface area contributed by atoms with Gasteiger partial charge in [-0.1, -0.05) is 13.8 Å². The zero-order valence-corrected chi connectivity index (χ0v) is 12.8. The number of hydrogen-bond acceptors (Lipinski definition) is 2. The first kappa shape index (κ1) is 21.9. The molecule has 0 amide bonds. The van der Waals surface area contributed by atoms with Crippen molar-refractivity contribution in [2.75, 3.05) is 6.61 Å². The Morgan fingerprint density at radius 3 is 1.87 bits per heavy atom. The van der Waals surface area contributed by atoms with Crippen LogP contribution < -0.4 is 5.73 Å². The van der Waals surface area contributed by atoms with Gasteiger partial charge in [-0.2, -0.15) is 26.3 Å². The van der Waals surface area contributed by atoms with E-state index in [2.05, 4.69) is 0 Å². The third kappa shape index (κ3) is 4.71. The van der Waals surface area contributed by atoms with Crippen LogP contribution in [0.3, 0.4) is 0 Å². The number of alkyl halides is 6. The summed E-state index contributed by atoms with van der Waals surface area (Å²) in [7, 11) is 0. The molecule has 0 aliphatic heterocycles. The molecule has 0 saturated heterocycles. The number of aliphatic hydroxyl groups is 1. The van der Waals surface area contributed by atoms with Crippen molar-refractivity contribution in [2.45, 2.75) is 32.2 Å². The molecule has 0 saturated carbocycles. The first-order valence-corrected chi connectivity index (χ1v) is 6.06. The van der Waals surface area contributed by atoms with Crippen molar-refractivity contribution in [1.82, 2.24) is 0 Å². The van der Waals surface area contributed by atoms with E-state index in [1.807, 2.05) is 0 Å². The Bertz CT molecular complexity index is 554. The zero-order chi connectivity index (χ0) is 17.5. The molecule has 0 radical (unpaired) electrons. The van der Waals surface area contributed by atoms with Crippen LogP contribution in [0.2, 0.25) is 0 Å². The molecule has 0 aliphatic rings. The number of rotatable bonds is 3. The van der Waals surface area contributed by atoms with Crippen LogP contribution >= 0.6 is 12.4 Å². The van der Waals surface area contributed by atoms with Crippen molar-refractivity contribution in [2.24, 2.45) is 11.1 Å². The molecular weight excluding hydrogens is 355 g/mol. The molecule has 0 heterocycles. The van der Waals surface area contributed by atoms with E-state index in [0.717, 1.165) is 0 Å². The van der Waals surface area contributed by atoms with Gasteiger partial charge >= 0.3 is 12.4 Å². The second-order valence-electron chi connectivity index (χ2n) is 5.54. The molecule has 1 aromatic rings. The standard InChI is InChI=1S/C13H14F7NO.ClH/c1-11(2,5-22)10(21)9-7(13(18,19)20)3-6(4-8(9)14)12(15,16)17;/h3-4,10,22H,5,21H2,1-2H3;1H/t10-;/m0./s1. The maximum absolute atomic E-state index is 13.9. The lowest BCUT2D eigenvalue weighted by Gasteiger charge is -2.32. The van der Waals surface area contributed by atoms with Gasteiger partial charge in [-0.25, -0.2) is 4.39 Å².